The van der Waals surface area contributed by atoms with Gasteiger partial charge in [0.25, 0.3) is 5.69 Å². The predicted octanol–water partition coefficient (Wildman–Crippen LogP) is 2.56. The van der Waals surface area contributed by atoms with Crippen LogP contribution in [0.3, 0.4) is 0 Å². The second-order valence-corrected chi connectivity index (χ2v) is 2.84. The highest BCUT2D eigenvalue weighted by Gasteiger charge is 2.10. The first-order valence-electron chi connectivity index (χ1n) is 4.59. The largest absolute Gasteiger partial charge is 0.493 e. The zero-order valence-electron chi connectivity index (χ0n) is 8.32. The average Bonchev–Trinajstić information content (AvgIpc) is 2.18. The van der Waals surface area contributed by atoms with Crippen LogP contribution in [0.25, 0.3) is 0 Å². The van der Waals surface area contributed by atoms with Gasteiger partial charge in [-0.25, -0.2) is 0 Å². The molecule has 0 aliphatic heterocycles. The van der Waals surface area contributed by atoms with Crippen LogP contribution in [0.4, 0.5) is 5.69 Å². The van der Waals surface area contributed by atoms with Gasteiger partial charge in [0.05, 0.1) is 17.6 Å². The summed E-state index contributed by atoms with van der Waals surface area (Å²) in [4.78, 5) is 10.1. The molecule has 14 heavy (non-hydrogen) atoms. The van der Waals surface area contributed by atoms with Crippen molar-refractivity contribution >= 4 is 5.69 Å². The van der Waals surface area contributed by atoms with Gasteiger partial charge in [-0.15, -0.1) is 0 Å². The lowest BCUT2D eigenvalue weighted by molar-refractivity contribution is -0.384. The van der Waals surface area contributed by atoms with Crippen LogP contribution in [0.1, 0.15) is 19.4 Å². The summed E-state index contributed by atoms with van der Waals surface area (Å²) < 4.78 is 5.31. The molecule has 0 spiro atoms. The monoisotopic (exact) mass is 195 g/mol. The lowest BCUT2D eigenvalue weighted by Crippen LogP contribution is -1.97. The van der Waals surface area contributed by atoms with Gasteiger partial charge in [-0.2, -0.15) is 0 Å². The topological polar surface area (TPSA) is 52.4 Å². The fraction of sp³-hybridized carbons (Fsp3) is 0.400. The molecule has 0 heterocycles. The Kier molecular flexibility index (Phi) is 3.45. The molecule has 76 valence electrons. The Bertz CT molecular complexity index is 336. The van der Waals surface area contributed by atoms with Crippen LogP contribution in [-0.2, 0) is 6.42 Å². The molecule has 4 heteroatoms. The maximum atomic E-state index is 10.5. The molecule has 1 rings (SSSR count). The molecule has 0 unspecified atom stereocenters. The van der Waals surface area contributed by atoms with Crippen molar-refractivity contribution in [3.63, 3.8) is 0 Å². The summed E-state index contributed by atoms with van der Waals surface area (Å²) >= 11 is 0. The molecule has 0 aromatic heterocycles. The van der Waals surface area contributed by atoms with E-state index in [-0.39, 0.29) is 5.69 Å². The Balaban J connectivity index is 3.07. The van der Waals surface area contributed by atoms with Crippen molar-refractivity contribution in [3.05, 3.63) is 33.9 Å². The molecule has 0 aliphatic rings. The third-order valence-corrected chi connectivity index (χ3v) is 1.94. The highest BCUT2D eigenvalue weighted by atomic mass is 16.6. The average molecular weight is 195 g/mol. The van der Waals surface area contributed by atoms with Crippen molar-refractivity contribution in [2.24, 2.45) is 0 Å². The van der Waals surface area contributed by atoms with Gasteiger partial charge in [0.15, 0.2) is 0 Å². The van der Waals surface area contributed by atoms with Gasteiger partial charge < -0.3 is 4.74 Å². The Morgan fingerprint density at radius 2 is 2.14 bits per heavy atom. The number of nitro benzene ring substituents is 1. The van der Waals surface area contributed by atoms with Crippen LogP contribution in [-0.4, -0.2) is 11.5 Å². The van der Waals surface area contributed by atoms with E-state index in [4.69, 9.17) is 4.74 Å². The molecular formula is C10H13NO3. The molecule has 0 amide bonds. The quantitative estimate of drug-likeness (QED) is 0.548. The van der Waals surface area contributed by atoms with Crippen LogP contribution in [0, 0.1) is 10.1 Å². The summed E-state index contributed by atoms with van der Waals surface area (Å²) in [6, 6.07) is 4.72. The molecule has 1 aromatic carbocycles. The highest BCUT2D eigenvalue weighted by Crippen LogP contribution is 2.25. The fourth-order valence-electron chi connectivity index (χ4n) is 1.24. The minimum absolute atomic E-state index is 0.0747. The SMILES string of the molecule is CCOc1cc([N+](=O)[O-])ccc1CC. The maximum absolute atomic E-state index is 10.5. The maximum Gasteiger partial charge on any atom is 0.273 e. The van der Waals surface area contributed by atoms with E-state index < -0.39 is 4.92 Å². The van der Waals surface area contributed by atoms with Crippen LogP contribution < -0.4 is 4.74 Å². The van der Waals surface area contributed by atoms with E-state index in [1.54, 1.807) is 6.07 Å². The summed E-state index contributed by atoms with van der Waals surface area (Å²) in [5.74, 6) is 0.615. The number of benzene rings is 1. The van der Waals surface area contributed by atoms with Crippen molar-refractivity contribution in [2.75, 3.05) is 6.61 Å². The Labute approximate surface area is 82.7 Å². The van der Waals surface area contributed by atoms with Crippen molar-refractivity contribution in [2.45, 2.75) is 20.3 Å². The van der Waals surface area contributed by atoms with Crippen LogP contribution in [0.15, 0.2) is 18.2 Å². The molecule has 0 radical (unpaired) electrons. The zero-order chi connectivity index (χ0) is 10.6. The van der Waals surface area contributed by atoms with Crippen LogP contribution >= 0.6 is 0 Å². The van der Waals surface area contributed by atoms with E-state index >= 15 is 0 Å². The van der Waals surface area contributed by atoms with Crippen LogP contribution in [0.2, 0.25) is 0 Å². The summed E-state index contributed by atoms with van der Waals surface area (Å²) in [6.07, 6.45) is 0.813. The van der Waals surface area contributed by atoms with E-state index in [0.717, 1.165) is 12.0 Å². The summed E-state index contributed by atoms with van der Waals surface area (Å²) in [6.45, 7) is 4.37. The predicted molar refractivity (Wildman–Crippen MR) is 53.6 cm³/mol. The second-order valence-electron chi connectivity index (χ2n) is 2.84. The van der Waals surface area contributed by atoms with Crippen LogP contribution in [0.5, 0.6) is 5.75 Å². The van der Waals surface area contributed by atoms with Crippen molar-refractivity contribution in [3.8, 4) is 5.75 Å². The number of nitro groups is 1. The molecule has 0 saturated carbocycles. The van der Waals surface area contributed by atoms with E-state index in [1.807, 2.05) is 13.8 Å². The van der Waals surface area contributed by atoms with Gasteiger partial charge >= 0.3 is 0 Å². The minimum atomic E-state index is -0.415. The standard InChI is InChI=1S/C10H13NO3/c1-3-8-5-6-9(11(12)13)7-10(8)14-4-2/h5-7H,3-4H2,1-2H3. The lowest BCUT2D eigenvalue weighted by atomic mass is 10.1. The number of nitrogens with zero attached hydrogens (tertiary/aromatic N) is 1. The fourth-order valence-corrected chi connectivity index (χ4v) is 1.24. The third kappa shape index (κ3) is 2.22. The van der Waals surface area contributed by atoms with Crippen molar-refractivity contribution in [1.82, 2.24) is 0 Å². The van der Waals surface area contributed by atoms with E-state index in [2.05, 4.69) is 0 Å². The normalized spacial score (nSPS) is 9.86. The van der Waals surface area contributed by atoms with Gasteiger partial charge in [-0.05, 0) is 25.0 Å². The molecule has 1 aromatic rings. The molecule has 0 bridgehead atoms. The number of hydrogen-bond donors (Lipinski definition) is 0. The third-order valence-electron chi connectivity index (χ3n) is 1.94. The molecule has 0 saturated heterocycles. The van der Waals surface area contributed by atoms with Gasteiger partial charge in [0.1, 0.15) is 5.75 Å². The van der Waals surface area contributed by atoms with Gasteiger partial charge in [-0.3, -0.25) is 10.1 Å². The number of non-ortho nitro benzene ring substituents is 1. The Morgan fingerprint density at radius 1 is 1.43 bits per heavy atom. The summed E-state index contributed by atoms with van der Waals surface area (Å²) in [5, 5.41) is 10.5. The van der Waals surface area contributed by atoms with Gasteiger partial charge in [0.2, 0.25) is 0 Å². The molecule has 4 nitrogen and oxygen atoms in total. The molecule has 0 fully saturated rings. The van der Waals surface area contributed by atoms with E-state index in [0.29, 0.717) is 12.4 Å². The smallest absolute Gasteiger partial charge is 0.273 e. The molecular weight excluding hydrogens is 182 g/mol. The zero-order valence-corrected chi connectivity index (χ0v) is 8.32. The molecule has 0 atom stereocenters. The van der Waals surface area contributed by atoms with E-state index in [9.17, 15) is 10.1 Å². The highest BCUT2D eigenvalue weighted by molar-refractivity contribution is 5.44. The van der Waals surface area contributed by atoms with E-state index in [1.165, 1.54) is 12.1 Å². The van der Waals surface area contributed by atoms with Crippen molar-refractivity contribution < 1.29 is 9.66 Å². The lowest BCUT2D eigenvalue weighted by Gasteiger charge is -2.07. The molecule has 0 aliphatic carbocycles. The first-order chi connectivity index (χ1) is 6.69. The number of rotatable bonds is 4. The summed E-state index contributed by atoms with van der Waals surface area (Å²) in [5.41, 5.74) is 1.07. The number of aryl methyl sites for hydroxylation is 1. The minimum Gasteiger partial charge on any atom is -0.493 e. The Hall–Kier alpha value is -1.58. The van der Waals surface area contributed by atoms with Gasteiger partial charge in [-0.1, -0.05) is 6.92 Å². The number of hydrogen-bond acceptors (Lipinski definition) is 3. The second kappa shape index (κ2) is 4.60. The summed E-state index contributed by atoms with van der Waals surface area (Å²) in [7, 11) is 0. The molecule has 0 N–H and O–H groups in total. The van der Waals surface area contributed by atoms with Crippen molar-refractivity contribution in [1.29, 1.82) is 0 Å². The number of ether oxygens (including phenoxy) is 1. The first-order valence-corrected chi connectivity index (χ1v) is 4.59. The Morgan fingerprint density at radius 3 is 2.64 bits per heavy atom. The first kappa shape index (κ1) is 10.5. The van der Waals surface area contributed by atoms with Gasteiger partial charge in [0, 0.05) is 6.07 Å².